The van der Waals surface area contributed by atoms with E-state index in [9.17, 15) is 8.42 Å². The minimum absolute atomic E-state index is 0.0887. The fourth-order valence-electron chi connectivity index (χ4n) is 1.25. The smallest absolute Gasteiger partial charge is 0.213 e. The van der Waals surface area contributed by atoms with Crippen LogP contribution in [0.25, 0.3) is 0 Å². The second kappa shape index (κ2) is 6.68. The highest BCUT2D eigenvalue weighted by molar-refractivity contribution is 7.89. The van der Waals surface area contributed by atoms with Crippen LogP contribution in [-0.2, 0) is 16.6 Å². The predicted octanol–water partition coefficient (Wildman–Crippen LogP) is 0.499. The summed E-state index contributed by atoms with van der Waals surface area (Å²) >= 11 is 0. The maximum Gasteiger partial charge on any atom is 0.213 e. The first-order chi connectivity index (χ1) is 7.99. The Kier molecular flexibility index (Phi) is 5.54. The van der Waals surface area contributed by atoms with Gasteiger partial charge in [0, 0.05) is 31.5 Å². The Balaban J connectivity index is 2.35. The molecule has 1 aromatic heterocycles. The van der Waals surface area contributed by atoms with E-state index in [1.807, 2.05) is 19.9 Å². The van der Waals surface area contributed by atoms with Crippen molar-refractivity contribution < 1.29 is 8.42 Å². The summed E-state index contributed by atoms with van der Waals surface area (Å²) in [5, 5.41) is 3.07. The molecule has 96 valence electrons. The molecule has 1 rings (SSSR count). The van der Waals surface area contributed by atoms with Gasteiger partial charge in [0.05, 0.1) is 5.75 Å². The first-order valence-corrected chi connectivity index (χ1v) is 7.24. The van der Waals surface area contributed by atoms with E-state index in [0.717, 1.165) is 5.56 Å². The summed E-state index contributed by atoms with van der Waals surface area (Å²) in [4.78, 5) is 3.92. The molecular weight excluding hydrogens is 238 g/mol. The van der Waals surface area contributed by atoms with Crippen LogP contribution in [0.15, 0.2) is 24.5 Å². The Morgan fingerprint density at radius 3 is 2.76 bits per heavy atom. The molecule has 0 fully saturated rings. The number of pyridine rings is 1. The Labute approximate surface area is 103 Å². The van der Waals surface area contributed by atoms with Crippen molar-refractivity contribution in [2.24, 2.45) is 0 Å². The van der Waals surface area contributed by atoms with Crippen molar-refractivity contribution in [3.05, 3.63) is 30.1 Å². The van der Waals surface area contributed by atoms with Gasteiger partial charge in [-0.2, -0.15) is 0 Å². The van der Waals surface area contributed by atoms with Gasteiger partial charge in [0.25, 0.3) is 0 Å². The highest BCUT2D eigenvalue weighted by atomic mass is 32.2. The fraction of sp³-hybridized carbons (Fsp3) is 0.545. The van der Waals surface area contributed by atoms with Crippen molar-refractivity contribution in [3.8, 4) is 0 Å². The quantitative estimate of drug-likeness (QED) is 0.746. The van der Waals surface area contributed by atoms with Crippen molar-refractivity contribution in [2.75, 3.05) is 12.3 Å². The predicted molar refractivity (Wildman–Crippen MR) is 68.0 cm³/mol. The van der Waals surface area contributed by atoms with Crippen LogP contribution in [0.1, 0.15) is 19.4 Å². The molecule has 0 unspecified atom stereocenters. The van der Waals surface area contributed by atoms with E-state index >= 15 is 0 Å². The number of hydrogen-bond acceptors (Lipinski definition) is 4. The third kappa shape index (κ3) is 6.35. The van der Waals surface area contributed by atoms with Crippen LogP contribution in [0.2, 0.25) is 0 Å². The van der Waals surface area contributed by atoms with Crippen LogP contribution in [-0.4, -0.2) is 31.7 Å². The molecule has 0 bridgehead atoms. The van der Waals surface area contributed by atoms with E-state index in [0.29, 0.717) is 12.6 Å². The molecule has 0 spiro atoms. The number of hydrogen-bond donors (Lipinski definition) is 2. The molecule has 0 aliphatic heterocycles. The Morgan fingerprint density at radius 1 is 1.41 bits per heavy atom. The van der Waals surface area contributed by atoms with Gasteiger partial charge in [0.1, 0.15) is 0 Å². The van der Waals surface area contributed by atoms with Gasteiger partial charge in [-0.3, -0.25) is 4.98 Å². The van der Waals surface area contributed by atoms with E-state index in [4.69, 9.17) is 0 Å². The summed E-state index contributed by atoms with van der Waals surface area (Å²) in [6.07, 6.45) is 3.31. The fourth-order valence-corrected chi connectivity index (χ4v) is 2.17. The first-order valence-electron chi connectivity index (χ1n) is 5.59. The van der Waals surface area contributed by atoms with Crippen molar-refractivity contribution >= 4 is 10.0 Å². The molecule has 0 aliphatic rings. The van der Waals surface area contributed by atoms with Crippen LogP contribution in [0.3, 0.4) is 0 Å². The number of sulfonamides is 1. The lowest BCUT2D eigenvalue weighted by molar-refractivity contribution is 0.566. The lowest BCUT2D eigenvalue weighted by Gasteiger charge is -2.09. The van der Waals surface area contributed by atoms with Crippen molar-refractivity contribution in [1.82, 2.24) is 15.0 Å². The average molecular weight is 257 g/mol. The van der Waals surface area contributed by atoms with Crippen molar-refractivity contribution in [2.45, 2.75) is 26.4 Å². The SMILES string of the molecule is CC(C)NCCS(=O)(=O)NCc1cccnc1. The average Bonchev–Trinajstić information content (AvgIpc) is 2.27. The lowest BCUT2D eigenvalue weighted by atomic mass is 10.3. The van der Waals surface area contributed by atoms with Gasteiger partial charge >= 0.3 is 0 Å². The van der Waals surface area contributed by atoms with Gasteiger partial charge in [-0.1, -0.05) is 19.9 Å². The van der Waals surface area contributed by atoms with Crippen LogP contribution in [0.4, 0.5) is 0 Å². The van der Waals surface area contributed by atoms with Crippen molar-refractivity contribution in [1.29, 1.82) is 0 Å². The molecule has 0 aromatic carbocycles. The van der Waals surface area contributed by atoms with E-state index in [1.165, 1.54) is 0 Å². The lowest BCUT2D eigenvalue weighted by Crippen LogP contribution is -2.34. The molecule has 0 radical (unpaired) electrons. The molecule has 1 heterocycles. The summed E-state index contributed by atoms with van der Waals surface area (Å²) in [7, 11) is -3.22. The Morgan fingerprint density at radius 2 is 2.18 bits per heavy atom. The summed E-state index contributed by atoms with van der Waals surface area (Å²) in [5.74, 6) is 0.0887. The Bertz CT molecular complexity index is 418. The van der Waals surface area contributed by atoms with E-state index in [1.54, 1.807) is 18.5 Å². The van der Waals surface area contributed by atoms with Crippen LogP contribution >= 0.6 is 0 Å². The molecule has 6 heteroatoms. The van der Waals surface area contributed by atoms with E-state index in [2.05, 4.69) is 15.0 Å². The summed E-state index contributed by atoms with van der Waals surface area (Å²) in [6, 6.07) is 3.91. The molecule has 2 N–H and O–H groups in total. The Hall–Kier alpha value is -0.980. The normalized spacial score (nSPS) is 11.9. The summed E-state index contributed by atoms with van der Waals surface area (Å²) in [6.45, 7) is 4.71. The standard InChI is InChI=1S/C11H19N3O2S/c1-10(2)13-6-7-17(15,16)14-9-11-4-3-5-12-8-11/h3-5,8,10,13-14H,6-7,9H2,1-2H3. The maximum absolute atomic E-state index is 11.6. The zero-order valence-corrected chi connectivity index (χ0v) is 11.0. The minimum Gasteiger partial charge on any atom is -0.313 e. The maximum atomic E-state index is 11.6. The number of nitrogens with zero attached hydrogens (tertiary/aromatic N) is 1. The molecule has 0 saturated carbocycles. The third-order valence-corrected chi connectivity index (χ3v) is 3.47. The topological polar surface area (TPSA) is 71.1 Å². The van der Waals surface area contributed by atoms with E-state index in [-0.39, 0.29) is 12.3 Å². The van der Waals surface area contributed by atoms with Gasteiger partial charge in [-0.15, -0.1) is 0 Å². The first kappa shape index (κ1) is 14.1. The van der Waals surface area contributed by atoms with Gasteiger partial charge in [0.2, 0.25) is 10.0 Å². The van der Waals surface area contributed by atoms with Crippen LogP contribution in [0, 0.1) is 0 Å². The second-order valence-electron chi connectivity index (χ2n) is 4.11. The molecule has 1 aromatic rings. The third-order valence-electron chi connectivity index (χ3n) is 2.14. The molecule has 17 heavy (non-hydrogen) atoms. The van der Waals surface area contributed by atoms with Gasteiger partial charge in [-0.25, -0.2) is 13.1 Å². The van der Waals surface area contributed by atoms with Crippen LogP contribution < -0.4 is 10.0 Å². The molecule has 0 aliphatic carbocycles. The highest BCUT2D eigenvalue weighted by Crippen LogP contribution is 1.96. The van der Waals surface area contributed by atoms with Crippen LogP contribution in [0.5, 0.6) is 0 Å². The molecular formula is C11H19N3O2S. The molecule has 5 nitrogen and oxygen atoms in total. The zero-order valence-electron chi connectivity index (χ0n) is 10.2. The summed E-state index contributed by atoms with van der Waals surface area (Å²) in [5.41, 5.74) is 0.855. The second-order valence-corrected chi connectivity index (χ2v) is 6.04. The van der Waals surface area contributed by atoms with Gasteiger partial charge in [-0.05, 0) is 11.6 Å². The van der Waals surface area contributed by atoms with Gasteiger partial charge < -0.3 is 5.32 Å². The summed E-state index contributed by atoms with van der Waals surface area (Å²) < 4.78 is 25.8. The minimum atomic E-state index is -3.22. The van der Waals surface area contributed by atoms with E-state index < -0.39 is 10.0 Å². The zero-order chi connectivity index (χ0) is 12.7. The molecule has 0 saturated heterocycles. The number of rotatable bonds is 7. The number of nitrogens with one attached hydrogen (secondary N) is 2. The largest absolute Gasteiger partial charge is 0.313 e. The molecule has 0 atom stereocenters. The van der Waals surface area contributed by atoms with Gasteiger partial charge in [0.15, 0.2) is 0 Å². The monoisotopic (exact) mass is 257 g/mol. The van der Waals surface area contributed by atoms with Crippen molar-refractivity contribution in [3.63, 3.8) is 0 Å². The number of aromatic nitrogens is 1. The highest BCUT2D eigenvalue weighted by Gasteiger charge is 2.09. The molecule has 0 amide bonds.